The maximum atomic E-state index is 10.7. The van der Waals surface area contributed by atoms with Crippen LogP contribution in [0.4, 0.5) is 0 Å². The average Bonchev–Trinajstić information content (AvgIpc) is 2.37. The van der Waals surface area contributed by atoms with Gasteiger partial charge in [0.1, 0.15) is 11.5 Å². The summed E-state index contributed by atoms with van der Waals surface area (Å²) in [5.74, 6) is 1.52. The third-order valence-corrected chi connectivity index (χ3v) is 2.44. The maximum Gasteiger partial charge on any atom is 0.216 e. The first-order valence-electron chi connectivity index (χ1n) is 5.81. The molecule has 0 atom stereocenters. The van der Waals surface area contributed by atoms with Crippen LogP contribution in [-0.4, -0.2) is 26.7 Å². The first kappa shape index (κ1) is 14.1. The maximum absolute atomic E-state index is 10.7. The summed E-state index contributed by atoms with van der Waals surface area (Å²) in [6.07, 6.45) is 4.69. The van der Waals surface area contributed by atoms with Gasteiger partial charge in [0.2, 0.25) is 5.91 Å². The summed E-state index contributed by atoms with van der Waals surface area (Å²) in [7, 11) is 3.26. The fourth-order valence-electron chi connectivity index (χ4n) is 1.58. The van der Waals surface area contributed by atoms with Gasteiger partial charge in [0.05, 0.1) is 19.8 Å². The number of hydrogen-bond donors (Lipinski definition) is 1. The molecule has 1 N–H and O–H groups in total. The Bertz CT molecular complexity index is 405. The Balaban J connectivity index is 2.70. The molecule has 0 saturated heterocycles. The van der Waals surface area contributed by atoms with Gasteiger partial charge in [-0.3, -0.25) is 4.79 Å². The zero-order valence-electron chi connectivity index (χ0n) is 11.0. The molecule has 0 aromatic heterocycles. The van der Waals surface area contributed by atoms with E-state index in [0.717, 1.165) is 23.5 Å². The highest BCUT2D eigenvalue weighted by Crippen LogP contribution is 2.29. The lowest BCUT2D eigenvalue weighted by atomic mass is 10.1. The van der Waals surface area contributed by atoms with Crippen molar-refractivity contribution in [3.8, 4) is 11.5 Å². The Morgan fingerprint density at radius 2 is 1.89 bits per heavy atom. The van der Waals surface area contributed by atoms with Crippen molar-refractivity contribution < 1.29 is 14.3 Å². The van der Waals surface area contributed by atoms with Crippen molar-refractivity contribution in [2.75, 3.05) is 20.8 Å². The Labute approximate surface area is 108 Å². The Kier molecular flexibility index (Phi) is 5.77. The number of methoxy groups -OCH3 is 2. The summed E-state index contributed by atoms with van der Waals surface area (Å²) in [5.41, 5.74) is 0.908. The molecule has 1 aromatic rings. The van der Waals surface area contributed by atoms with E-state index in [0.29, 0.717) is 6.54 Å². The molecule has 0 aliphatic rings. The fourth-order valence-corrected chi connectivity index (χ4v) is 1.58. The van der Waals surface area contributed by atoms with Gasteiger partial charge in [0, 0.05) is 13.5 Å². The van der Waals surface area contributed by atoms with Crippen LogP contribution >= 0.6 is 0 Å². The van der Waals surface area contributed by atoms with Gasteiger partial charge in [-0.05, 0) is 18.6 Å². The third kappa shape index (κ3) is 4.13. The van der Waals surface area contributed by atoms with Crippen LogP contribution in [0.1, 0.15) is 18.9 Å². The van der Waals surface area contributed by atoms with Crippen molar-refractivity contribution in [2.24, 2.45) is 0 Å². The zero-order valence-corrected chi connectivity index (χ0v) is 11.0. The van der Waals surface area contributed by atoms with E-state index in [1.807, 2.05) is 30.4 Å². The number of nitrogens with one attached hydrogen (secondary N) is 1. The smallest absolute Gasteiger partial charge is 0.216 e. The van der Waals surface area contributed by atoms with Crippen molar-refractivity contribution in [3.05, 3.63) is 29.8 Å². The first-order chi connectivity index (χ1) is 8.69. The number of rotatable bonds is 6. The molecule has 0 fully saturated rings. The molecule has 4 heteroatoms. The normalized spacial score (nSPS) is 10.4. The fraction of sp³-hybridized carbons (Fsp3) is 0.357. The molecule has 0 spiro atoms. The van der Waals surface area contributed by atoms with Gasteiger partial charge in [0.25, 0.3) is 0 Å². The van der Waals surface area contributed by atoms with E-state index in [1.165, 1.54) is 6.92 Å². The second-order valence-electron chi connectivity index (χ2n) is 3.75. The van der Waals surface area contributed by atoms with Gasteiger partial charge in [-0.15, -0.1) is 0 Å². The van der Waals surface area contributed by atoms with Crippen LogP contribution in [0, 0.1) is 0 Å². The van der Waals surface area contributed by atoms with Crippen LogP contribution in [0.2, 0.25) is 0 Å². The van der Waals surface area contributed by atoms with Crippen molar-refractivity contribution in [3.63, 3.8) is 0 Å². The molecule has 98 valence electrons. The number of ether oxygens (including phenoxy) is 2. The Morgan fingerprint density at radius 3 is 2.39 bits per heavy atom. The summed E-state index contributed by atoms with van der Waals surface area (Å²) < 4.78 is 10.6. The second kappa shape index (κ2) is 7.37. The van der Waals surface area contributed by atoms with Crippen LogP contribution in [0.15, 0.2) is 24.3 Å². The van der Waals surface area contributed by atoms with Gasteiger partial charge in [-0.1, -0.05) is 18.2 Å². The van der Waals surface area contributed by atoms with E-state index in [4.69, 9.17) is 9.47 Å². The van der Waals surface area contributed by atoms with E-state index in [2.05, 4.69) is 5.32 Å². The lowest BCUT2D eigenvalue weighted by molar-refractivity contribution is -0.118. The van der Waals surface area contributed by atoms with Gasteiger partial charge in [-0.2, -0.15) is 0 Å². The van der Waals surface area contributed by atoms with Gasteiger partial charge in [-0.25, -0.2) is 0 Å². The zero-order chi connectivity index (χ0) is 13.4. The summed E-state index contributed by atoms with van der Waals surface area (Å²) in [6, 6.07) is 5.65. The van der Waals surface area contributed by atoms with Crippen molar-refractivity contribution in [2.45, 2.75) is 13.3 Å². The largest absolute Gasteiger partial charge is 0.496 e. The molecule has 1 aromatic carbocycles. The summed E-state index contributed by atoms with van der Waals surface area (Å²) in [5, 5.41) is 2.74. The number of carbonyl (C=O) groups is 1. The van der Waals surface area contributed by atoms with Crippen LogP contribution in [0.5, 0.6) is 11.5 Å². The molecule has 1 rings (SSSR count). The standard InChI is InChI=1S/C14H19NO3/c1-11(16)15-10-5-4-7-12-13(17-2)8-6-9-14(12)18-3/h4,6-9H,5,10H2,1-3H3,(H,15,16). The van der Waals surface area contributed by atoms with E-state index in [1.54, 1.807) is 14.2 Å². The highest BCUT2D eigenvalue weighted by atomic mass is 16.5. The number of amides is 1. The van der Waals surface area contributed by atoms with E-state index in [9.17, 15) is 4.79 Å². The predicted molar refractivity (Wildman–Crippen MR) is 71.9 cm³/mol. The van der Waals surface area contributed by atoms with Crippen LogP contribution in [-0.2, 0) is 4.79 Å². The minimum Gasteiger partial charge on any atom is -0.496 e. The van der Waals surface area contributed by atoms with Crippen LogP contribution in [0.25, 0.3) is 6.08 Å². The van der Waals surface area contributed by atoms with Gasteiger partial charge < -0.3 is 14.8 Å². The molecule has 0 aliphatic carbocycles. The van der Waals surface area contributed by atoms with Crippen LogP contribution < -0.4 is 14.8 Å². The SMILES string of the molecule is COc1cccc(OC)c1C=CCCNC(C)=O. The average molecular weight is 249 g/mol. The quantitative estimate of drug-likeness (QED) is 0.786. The lowest BCUT2D eigenvalue weighted by Crippen LogP contribution is -2.20. The lowest BCUT2D eigenvalue weighted by Gasteiger charge is -2.09. The molecule has 0 saturated carbocycles. The summed E-state index contributed by atoms with van der Waals surface area (Å²) >= 11 is 0. The molecule has 1 amide bonds. The number of benzene rings is 1. The highest BCUT2D eigenvalue weighted by Gasteiger charge is 2.05. The predicted octanol–water partition coefficient (Wildman–Crippen LogP) is 2.24. The van der Waals surface area contributed by atoms with E-state index < -0.39 is 0 Å². The Hall–Kier alpha value is -1.97. The number of carbonyl (C=O) groups excluding carboxylic acids is 1. The molecule has 0 heterocycles. The first-order valence-corrected chi connectivity index (χ1v) is 5.81. The molecule has 18 heavy (non-hydrogen) atoms. The monoisotopic (exact) mass is 249 g/mol. The second-order valence-corrected chi connectivity index (χ2v) is 3.75. The topological polar surface area (TPSA) is 47.6 Å². The van der Waals surface area contributed by atoms with E-state index in [-0.39, 0.29) is 5.91 Å². The van der Waals surface area contributed by atoms with Crippen molar-refractivity contribution in [1.82, 2.24) is 5.32 Å². The minimum absolute atomic E-state index is 0.0155. The molecule has 4 nitrogen and oxygen atoms in total. The molecule has 0 bridgehead atoms. The van der Waals surface area contributed by atoms with Gasteiger partial charge >= 0.3 is 0 Å². The molecule has 0 unspecified atom stereocenters. The van der Waals surface area contributed by atoms with Crippen LogP contribution in [0.3, 0.4) is 0 Å². The van der Waals surface area contributed by atoms with Crippen molar-refractivity contribution in [1.29, 1.82) is 0 Å². The number of hydrogen-bond acceptors (Lipinski definition) is 3. The van der Waals surface area contributed by atoms with Crippen molar-refractivity contribution >= 4 is 12.0 Å². The molecule has 0 aliphatic heterocycles. The summed E-state index contributed by atoms with van der Waals surface area (Å²) in [4.78, 5) is 10.7. The highest BCUT2D eigenvalue weighted by molar-refractivity contribution is 5.72. The Morgan fingerprint density at radius 1 is 1.28 bits per heavy atom. The molecular formula is C14H19NO3. The third-order valence-electron chi connectivity index (χ3n) is 2.44. The van der Waals surface area contributed by atoms with Gasteiger partial charge in [0.15, 0.2) is 0 Å². The van der Waals surface area contributed by atoms with E-state index >= 15 is 0 Å². The summed E-state index contributed by atoms with van der Waals surface area (Å²) in [6.45, 7) is 2.14. The molecule has 0 radical (unpaired) electrons. The minimum atomic E-state index is -0.0155. The molecular weight excluding hydrogens is 230 g/mol.